The van der Waals surface area contributed by atoms with E-state index in [1.54, 1.807) is 30.3 Å². The quantitative estimate of drug-likeness (QED) is 0.726. The Balaban J connectivity index is 0.000000306. The molecule has 0 atom stereocenters. The van der Waals surface area contributed by atoms with Crippen LogP contribution in [0.2, 0.25) is 15.1 Å². The van der Waals surface area contributed by atoms with Crippen LogP contribution in [0.4, 0.5) is 0 Å². The minimum Gasteiger partial charge on any atom is -0.508 e. The van der Waals surface area contributed by atoms with Crippen LogP contribution in [0.5, 0.6) is 11.5 Å². The summed E-state index contributed by atoms with van der Waals surface area (Å²) in [5, 5.41) is 19.0. The second kappa shape index (κ2) is 8.38. The number of benzene rings is 2. The Labute approximate surface area is 127 Å². The first-order chi connectivity index (χ1) is 7.99. The molecule has 0 fully saturated rings. The van der Waals surface area contributed by atoms with Crippen LogP contribution in [0.15, 0.2) is 42.5 Å². The molecule has 0 bridgehead atoms. The van der Waals surface area contributed by atoms with Crippen molar-refractivity contribution in [3.05, 3.63) is 57.5 Å². The predicted molar refractivity (Wildman–Crippen MR) is 81.6 cm³/mol. The molecule has 0 aliphatic carbocycles. The van der Waals surface area contributed by atoms with E-state index in [-0.39, 0.29) is 25.0 Å². The summed E-state index contributed by atoms with van der Waals surface area (Å²) in [5.41, 5.74) is 0. The Hall–Kier alpha value is -0.740. The van der Waals surface area contributed by atoms with E-state index in [4.69, 9.17) is 45.0 Å². The van der Waals surface area contributed by atoms with Gasteiger partial charge < -0.3 is 10.2 Å². The van der Waals surface area contributed by atoms with E-state index in [9.17, 15) is 0 Å². The number of phenolic OH excluding ortho intramolecular Hbond substituents is 2. The first-order valence-corrected chi connectivity index (χ1v) is 5.71. The number of aromatic hydroxyl groups is 2. The molecule has 0 unspecified atom stereocenters. The number of hydrogen-bond acceptors (Lipinski definition) is 2. The molecule has 0 spiro atoms. The molecule has 2 nitrogen and oxygen atoms in total. The molecule has 0 aliphatic rings. The van der Waals surface area contributed by atoms with Crippen LogP contribution >= 0.6 is 48.3 Å². The maximum absolute atomic E-state index is 8.88. The molecule has 98 valence electrons. The summed E-state index contributed by atoms with van der Waals surface area (Å²) < 4.78 is 0. The van der Waals surface area contributed by atoms with Crippen LogP contribution in [-0.2, 0) is 0 Å². The molecule has 2 aromatic rings. The normalized spacial score (nSPS) is 8.83. The molecule has 0 amide bonds. The largest absolute Gasteiger partial charge is 0.508 e. The molecular weight excluding hydrogens is 315 g/mol. The molecule has 6 heteroatoms. The van der Waals surface area contributed by atoms with Crippen LogP contribution in [0.3, 0.4) is 0 Å². The van der Waals surface area contributed by atoms with Crippen molar-refractivity contribution >= 4 is 48.3 Å². The van der Waals surface area contributed by atoms with Crippen molar-refractivity contribution < 1.29 is 10.2 Å². The summed E-state index contributed by atoms with van der Waals surface area (Å²) in [7, 11) is 0. The van der Waals surface area contributed by atoms with Gasteiger partial charge in [0.2, 0.25) is 0 Å². The third kappa shape index (κ3) is 6.26. The van der Waals surface area contributed by atoms with Gasteiger partial charge in [0.05, 0.1) is 5.02 Å². The molecule has 2 aromatic carbocycles. The zero-order valence-corrected chi connectivity index (χ0v) is 12.3. The Kier molecular flexibility index (Phi) is 8.03. The molecule has 2 rings (SSSR count). The highest BCUT2D eigenvalue weighted by molar-refractivity contribution is 7.59. The van der Waals surface area contributed by atoms with Gasteiger partial charge in [0, 0.05) is 16.1 Å². The van der Waals surface area contributed by atoms with Gasteiger partial charge in [-0.2, -0.15) is 13.5 Å². The molecule has 0 saturated carbocycles. The molecule has 0 heterocycles. The first kappa shape index (κ1) is 17.3. The van der Waals surface area contributed by atoms with Gasteiger partial charge in [0.15, 0.2) is 0 Å². The summed E-state index contributed by atoms with van der Waals surface area (Å²) in [4.78, 5) is 0. The van der Waals surface area contributed by atoms with E-state index >= 15 is 0 Å². The molecular formula is C12H11Cl3O2S. The fourth-order valence-electron chi connectivity index (χ4n) is 0.962. The number of rotatable bonds is 0. The minimum atomic E-state index is 0. The lowest BCUT2D eigenvalue weighted by atomic mass is 10.3. The number of halogens is 3. The Bertz CT molecular complexity index is 489. The van der Waals surface area contributed by atoms with Crippen LogP contribution in [0, 0.1) is 0 Å². The molecule has 0 radical (unpaired) electrons. The van der Waals surface area contributed by atoms with Crippen molar-refractivity contribution in [3.63, 3.8) is 0 Å². The fraction of sp³-hybridized carbons (Fsp3) is 0. The molecule has 2 N–H and O–H groups in total. The van der Waals surface area contributed by atoms with Gasteiger partial charge in [-0.1, -0.05) is 40.9 Å². The van der Waals surface area contributed by atoms with Crippen LogP contribution in [0.1, 0.15) is 0 Å². The summed E-state index contributed by atoms with van der Waals surface area (Å²) in [5.74, 6) is 0.224. The standard InChI is InChI=1S/C6H4Cl2O.C6H5ClO.H2S/c7-4-1-2-5(8)6(9)3-4;7-5-2-1-3-6(8)4-5;/h1-3,9H;1-4,8H;1H2. The predicted octanol–water partition coefficient (Wildman–Crippen LogP) is 4.86. The van der Waals surface area contributed by atoms with Gasteiger partial charge in [0.1, 0.15) is 11.5 Å². The second-order valence-corrected chi connectivity index (χ2v) is 4.36. The topological polar surface area (TPSA) is 40.5 Å². The van der Waals surface area contributed by atoms with E-state index in [1.165, 1.54) is 12.1 Å². The summed E-state index contributed by atoms with van der Waals surface area (Å²) in [6.07, 6.45) is 0. The van der Waals surface area contributed by atoms with E-state index in [1.807, 2.05) is 0 Å². The smallest absolute Gasteiger partial charge is 0.135 e. The fourth-order valence-corrected chi connectivity index (χ4v) is 1.43. The van der Waals surface area contributed by atoms with Gasteiger partial charge in [-0.25, -0.2) is 0 Å². The van der Waals surface area contributed by atoms with Crippen molar-refractivity contribution in [1.29, 1.82) is 0 Å². The van der Waals surface area contributed by atoms with Crippen LogP contribution < -0.4 is 0 Å². The second-order valence-electron chi connectivity index (χ2n) is 3.08. The molecule has 0 aliphatic heterocycles. The highest BCUT2D eigenvalue weighted by Crippen LogP contribution is 2.25. The average Bonchev–Trinajstić information content (AvgIpc) is 2.24. The lowest BCUT2D eigenvalue weighted by molar-refractivity contribution is 0.475. The Morgan fingerprint density at radius 1 is 0.778 bits per heavy atom. The third-order valence-electron chi connectivity index (χ3n) is 1.72. The lowest BCUT2D eigenvalue weighted by Crippen LogP contribution is -1.66. The average molecular weight is 326 g/mol. The third-order valence-corrected chi connectivity index (χ3v) is 2.51. The van der Waals surface area contributed by atoms with Crippen molar-refractivity contribution in [1.82, 2.24) is 0 Å². The summed E-state index contributed by atoms with van der Waals surface area (Å²) >= 11 is 16.5. The molecule has 0 saturated heterocycles. The van der Waals surface area contributed by atoms with Gasteiger partial charge in [-0.3, -0.25) is 0 Å². The van der Waals surface area contributed by atoms with Crippen molar-refractivity contribution in [2.45, 2.75) is 0 Å². The summed E-state index contributed by atoms with van der Waals surface area (Å²) in [6, 6.07) is 11.0. The Morgan fingerprint density at radius 2 is 1.39 bits per heavy atom. The van der Waals surface area contributed by atoms with Crippen molar-refractivity contribution in [3.8, 4) is 11.5 Å². The van der Waals surface area contributed by atoms with Crippen molar-refractivity contribution in [2.75, 3.05) is 0 Å². The van der Waals surface area contributed by atoms with Gasteiger partial charge >= 0.3 is 0 Å². The minimum absolute atomic E-state index is 0. The number of phenols is 2. The van der Waals surface area contributed by atoms with E-state index < -0.39 is 0 Å². The van der Waals surface area contributed by atoms with E-state index in [0.717, 1.165) is 0 Å². The SMILES string of the molecule is Oc1cc(Cl)ccc1Cl.Oc1cccc(Cl)c1.S. The number of hydrogen-bond donors (Lipinski definition) is 2. The zero-order valence-electron chi connectivity index (χ0n) is 9.07. The first-order valence-electron chi connectivity index (χ1n) is 4.57. The maximum Gasteiger partial charge on any atom is 0.135 e. The van der Waals surface area contributed by atoms with Gasteiger partial charge in [0.25, 0.3) is 0 Å². The molecule has 18 heavy (non-hydrogen) atoms. The molecule has 0 aromatic heterocycles. The highest BCUT2D eigenvalue weighted by Gasteiger charge is 1.95. The zero-order chi connectivity index (χ0) is 12.8. The maximum atomic E-state index is 8.88. The van der Waals surface area contributed by atoms with Crippen molar-refractivity contribution in [2.24, 2.45) is 0 Å². The monoisotopic (exact) mass is 324 g/mol. The highest BCUT2D eigenvalue weighted by atomic mass is 35.5. The van der Waals surface area contributed by atoms with E-state index in [2.05, 4.69) is 0 Å². The Morgan fingerprint density at radius 3 is 1.78 bits per heavy atom. The van der Waals surface area contributed by atoms with Gasteiger partial charge in [-0.05, 0) is 30.3 Å². The van der Waals surface area contributed by atoms with E-state index in [0.29, 0.717) is 15.1 Å². The van der Waals surface area contributed by atoms with Crippen LogP contribution in [-0.4, -0.2) is 10.2 Å². The van der Waals surface area contributed by atoms with Gasteiger partial charge in [-0.15, -0.1) is 0 Å². The lowest BCUT2D eigenvalue weighted by Gasteiger charge is -1.93. The van der Waals surface area contributed by atoms with Crippen LogP contribution in [0.25, 0.3) is 0 Å². The summed E-state index contributed by atoms with van der Waals surface area (Å²) in [6.45, 7) is 0.